The fraction of sp³-hybridized carbons (Fsp3) is 0.182. The molecule has 1 aliphatic heterocycles. The third kappa shape index (κ3) is 5.50. The Balaban J connectivity index is 1.59. The van der Waals surface area contributed by atoms with Gasteiger partial charge in [0.25, 0.3) is 5.91 Å². The molecule has 0 radical (unpaired) electrons. The quantitative estimate of drug-likeness (QED) is 0.429. The van der Waals surface area contributed by atoms with E-state index in [0.29, 0.717) is 9.23 Å². The molecule has 2 aromatic carbocycles. The highest BCUT2D eigenvalue weighted by Gasteiger charge is 2.32. The number of hydrogen-bond acceptors (Lipinski definition) is 6. The normalized spacial score (nSPS) is 14.9. The molecule has 1 saturated heterocycles. The Hall–Kier alpha value is -3.17. The van der Waals surface area contributed by atoms with Crippen molar-refractivity contribution in [1.82, 2.24) is 4.90 Å². The number of hydrogen-bond donors (Lipinski definition) is 3. The Kier molecular flexibility index (Phi) is 7.09. The van der Waals surface area contributed by atoms with Gasteiger partial charge in [-0.25, -0.2) is 4.79 Å². The molecule has 0 spiro atoms. The van der Waals surface area contributed by atoms with Crippen molar-refractivity contribution < 1.29 is 24.6 Å². The van der Waals surface area contributed by atoms with E-state index in [-0.39, 0.29) is 30.1 Å². The molecule has 1 fully saturated rings. The molecule has 2 aromatic rings. The van der Waals surface area contributed by atoms with Gasteiger partial charge in [-0.15, -0.1) is 0 Å². The van der Waals surface area contributed by atoms with E-state index >= 15 is 0 Å². The van der Waals surface area contributed by atoms with Gasteiger partial charge in [-0.1, -0.05) is 55.2 Å². The molecular weight excluding hydrogens is 436 g/mol. The van der Waals surface area contributed by atoms with Gasteiger partial charge < -0.3 is 15.5 Å². The first-order chi connectivity index (χ1) is 14.8. The van der Waals surface area contributed by atoms with Crippen molar-refractivity contribution in [1.29, 1.82) is 0 Å². The smallest absolute Gasteiger partial charge is 0.339 e. The van der Waals surface area contributed by atoms with Crippen LogP contribution in [0.15, 0.2) is 47.4 Å². The molecule has 3 rings (SSSR count). The number of amides is 2. The summed E-state index contributed by atoms with van der Waals surface area (Å²) in [5.41, 5.74) is 2.11. The summed E-state index contributed by atoms with van der Waals surface area (Å²) in [5.74, 6) is -2.35. The van der Waals surface area contributed by atoms with Crippen LogP contribution in [0.4, 0.5) is 5.69 Å². The lowest BCUT2D eigenvalue weighted by Gasteiger charge is -2.14. The number of carboxylic acids is 1. The minimum absolute atomic E-state index is 0.00758. The molecule has 160 valence electrons. The summed E-state index contributed by atoms with van der Waals surface area (Å²) in [4.78, 5) is 37.7. The van der Waals surface area contributed by atoms with Crippen LogP contribution in [0.3, 0.4) is 0 Å². The number of thiocarbonyl (C=S) groups is 1. The van der Waals surface area contributed by atoms with Gasteiger partial charge in [0.1, 0.15) is 15.6 Å². The lowest BCUT2D eigenvalue weighted by molar-refractivity contribution is -0.122. The fourth-order valence-corrected chi connectivity index (χ4v) is 4.23. The minimum atomic E-state index is -1.26. The van der Waals surface area contributed by atoms with E-state index in [2.05, 4.69) is 12.2 Å². The Labute approximate surface area is 188 Å². The number of aromatic carboxylic acids is 1. The van der Waals surface area contributed by atoms with Crippen LogP contribution in [0, 0.1) is 0 Å². The number of anilines is 1. The summed E-state index contributed by atoms with van der Waals surface area (Å²) >= 11 is 6.49. The summed E-state index contributed by atoms with van der Waals surface area (Å²) in [6, 6.07) is 11.7. The topological polar surface area (TPSA) is 107 Å². The van der Waals surface area contributed by atoms with Crippen molar-refractivity contribution in [3.05, 3.63) is 64.1 Å². The number of phenols is 1. The molecule has 31 heavy (non-hydrogen) atoms. The maximum atomic E-state index is 12.7. The van der Waals surface area contributed by atoms with Crippen LogP contribution in [0.25, 0.3) is 6.08 Å². The molecule has 7 nitrogen and oxygen atoms in total. The summed E-state index contributed by atoms with van der Waals surface area (Å²) in [6.07, 6.45) is 2.71. The van der Waals surface area contributed by atoms with Gasteiger partial charge in [-0.2, -0.15) is 0 Å². The van der Waals surface area contributed by atoms with Crippen molar-refractivity contribution in [2.75, 3.05) is 11.9 Å². The fourth-order valence-electron chi connectivity index (χ4n) is 2.92. The van der Waals surface area contributed by atoms with Gasteiger partial charge in [0.05, 0.1) is 4.91 Å². The predicted molar refractivity (Wildman–Crippen MR) is 124 cm³/mol. The van der Waals surface area contributed by atoms with Gasteiger partial charge in [0, 0.05) is 24.7 Å². The van der Waals surface area contributed by atoms with Crippen LogP contribution in [0.1, 0.15) is 34.8 Å². The second-order valence-corrected chi connectivity index (χ2v) is 8.44. The molecule has 1 aliphatic rings. The molecule has 0 unspecified atom stereocenters. The molecule has 1 heterocycles. The van der Waals surface area contributed by atoms with E-state index in [0.717, 1.165) is 18.1 Å². The first-order valence-corrected chi connectivity index (χ1v) is 10.7. The van der Waals surface area contributed by atoms with Crippen LogP contribution >= 0.6 is 24.0 Å². The number of thioether (sulfide) groups is 1. The lowest BCUT2D eigenvalue weighted by Crippen LogP contribution is -2.31. The highest BCUT2D eigenvalue weighted by molar-refractivity contribution is 8.26. The standard InChI is InChI=1S/C22H20N2O5S2/c1-2-13-3-5-14(6-4-13)11-18-20(27)24(22(30)31-18)10-9-19(26)23-15-7-8-16(21(28)29)17(25)12-15/h3-8,11-12,25H,2,9-10H2,1H3,(H,23,26)(H,28,29). The highest BCUT2D eigenvalue weighted by atomic mass is 32.2. The second-order valence-electron chi connectivity index (χ2n) is 6.76. The maximum Gasteiger partial charge on any atom is 0.339 e. The Bertz CT molecular complexity index is 1080. The first kappa shape index (κ1) is 22.5. The average molecular weight is 457 g/mol. The summed E-state index contributed by atoms with van der Waals surface area (Å²) in [6.45, 7) is 2.19. The van der Waals surface area contributed by atoms with E-state index in [1.54, 1.807) is 6.08 Å². The number of nitrogens with zero attached hydrogens (tertiary/aromatic N) is 1. The van der Waals surface area contributed by atoms with E-state index in [1.807, 2.05) is 24.3 Å². The molecule has 0 atom stereocenters. The number of benzene rings is 2. The third-order valence-electron chi connectivity index (χ3n) is 4.63. The number of aryl methyl sites for hydroxylation is 1. The number of carboxylic acid groups (broad SMARTS) is 1. The monoisotopic (exact) mass is 456 g/mol. The van der Waals surface area contributed by atoms with E-state index in [1.165, 1.54) is 34.4 Å². The number of rotatable bonds is 7. The largest absolute Gasteiger partial charge is 0.507 e. The van der Waals surface area contributed by atoms with Crippen molar-refractivity contribution >= 4 is 57.8 Å². The highest BCUT2D eigenvalue weighted by Crippen LogP contribution is 2.32. The number of aromatic hydroxyl groups is 1. The second kappa shape index (κ2) is 9.76. The summed E-state index contributed by atoms with van der Waals surface area (Å²) in [7, 11) is 0. The van der Waals surface area contributed by atoms with Crippen molar-refractivity contribution in [3.63, 3.8) is 0 Å². The molecule has 9 heteroatoms. The molecule has 2 amide bonds. The van der Waals surface area contributed by atoms with E-state index in [4.69, 9.17) is 17.3 Å². The van der Waals surface area contributed by atoms with Crippen molar-refractivity contribution in [3.8, 4) is 5.75 Å². The molecule has 3 N–H and O–H groups in total. The van der Waals surface area contributed by atoms with Crippen LogP contribution in [0.2, 0.25) is 0 Å². The van der Waals surface area contributed by atoms with Gasteiger partial charge in [0.15, 0.2) is 0 Å². The molecule has 0 bridgehead atoms. The van der Waals surface area contributed by atoms with Crippen LogP contribution < -0.4 is 5.32 Å². The van der Waals surface area contributed by atoms with Gasteiger partial charge >= 0.3 is 5.97 Å². The zero-order valence-corrected chi connectivity index (χ0v) is 18.3. The van der Waals surface area contributed by atoms with E-state index in [9.17, 15) is 19.5 Å². The summed E-state index contributed by atoms with van der Waals surface area (Å²) < 4.78 is 0.387. The molecule has 0 aromatic heterocycles. The van der Waals surface area contributed by atoms with Crippen LogP contribution in [-0.4, -0.2) is 43.8 Å². The Morgan fingerprint density at radius 2 is 1.90 bits per heavy atom. The first-order valence-electron chi connectivity index (χ1n) is 9.49. The number of carbonyl (C=O) groups is 3. The van der Waals surface area contributed by atoms with Crippen LogP contribution in [0.5, 0.6) is 5.75 Å². The summed E-state index contributed by atoms with van der Waals surface area (Å²) in [5, 5.41) is 21.2. The zero-order chi connectivity index (χ0) is 22.5. The van der Waals surface area contributed by atoms with Crippen molar-refractivity contribution in [2.24, 2.45) is 0 Å². The SMILES string of the molecule is CCc1ccc(C=C2SC(=S)N(CCC(=O)Nc3ccc(C(=O)O)c(O)c3)C2=O)cc1. The van der Waals surface area contributed by atoms with Crippen molar-refractivity contribution in [2.45, 2.75) is 19.8 Å². The maximum absolute atomic E-state index is 12.7. The van der Waals surface area contributed by atoms with Gasteiger partial charge in [-0.05, 0) is 35.8 Å². The minimum Gasteiger partial charge on any atom is -0.507 e. The number of nitrogens with one attached hydrogen (secondary N) is 1. The molecular formula is C22H20N2O5S2. The van der Waals surface area contributed by atoms with Crippen LogP contribution in [-0.2, 0) is 16.0 Å². The number of carbonyl (C=O) groups excluding carboxylic acids is 2. The third-order valence-corrected chi connectivity index (χ3v) is 6.01. The van der Waals surface area contributed by atoms with E-state index < -0.39 is 17.6 Å². The molecule has 0 saturated carbocycles. The average Bonchev–Trinajstić information content (AvgIpc) is 2.99. The molecule has 0 aliphatic carbocycles. The lowest BCUT2D eigenvalue weighted by atomic mass is 10.1. The zero-order valence-electron chi connectivity index (χ0n) is 16.6. The Morgan fingerprint density at radius 3 is 2.52 bits per heavy atom. The predicted octanol–water partition coefficient (Wildman–Crippen LogP) is 3.88. The van der Waals surface area contributed by atoms with Gasteiger partial charge in [0.2, 0.25) is 5.91 Å². The Morgan fingerprint density at radius 1 is 1.19 bits per heavy atom. The van der Waals surface area contributed by atoms with Gasteiger partial charge in [-0.3, -0.25) is 14.5 Å².